The Morgan fingerprint density at radius 1 is 1.08 bits per heavy atom. The van der Waals surface area contributed by atoms with Crippen molar-refractivity contribution in [3.8, 4) is 0 Å². The van der Waals surface area contributed by atoms with Crippen LogP contribution < -0.4 is 10.6 Å². The van der Waals surface area contributed by atoms with Crippen LogP contribution >= 0.6 is 0 Å². The van der Waals surface area contributed by atoms with E-state index in [-0.39, 0.29) is 0 Å². The number of nitrogens with one attached hydrogen (secondary N) is 2. The van der Waals surface area contributed by atoms with Crippen LogP contribution in [0.25, 0.3) is 0 Å². The summed E-state index contributed by atoms with van der Waals surface area (Å²) in [4.78, 5) is 4.49. The summed E-state index contributed by atoms with van der Waals surface area (Å²) in [5.41, 5.74) is 4.96. The van der Waals surface area contributed by atoms with Crippen molar-refractivity contribution in [2.75, 3.05) is 17.2 Å². The van der Waals surface area contributed by atoms with Gasteiger partial charge in [0.15, 0.2) is 5.82 Å². The number of hydrogen-bond acceptors (Lipinski definition) is 5. The van der Waals surface area contributed by atoms with Gasteiger partial charge in [-0.1, -0.05) is 17.7 Å². The summed E-state index contributed by atoms with van der Waals surface area (Å²) in [6.07, 6.45) is 10.3. The number of hydrogen-bond donors (Lipinski definition) is 2. The van der Waals surface area contributed by atoms with E-state index >= 15 is 0 Å². The molecule has 126 valence electrons. The lowest BCUT2D eigenvalue weighted by Gasteiger charge is -2.13. The maximum Gasteiger partial charge on any atom is 0.249 e. The van der Waals surface area contributed by atoms with Gasteiger partial charge in [0.05, 0.1) is 6.20 Å². The van der Waals surface area contributed by atoms with E-state index in [1.165, 1.54) is 36.8 Å². The van der Waals surface area contributed by atoms with E-state index in [4.69, 9.17) is 0 Å². The predicted octanol–water partition coefficient (Wildman–Crippen LogP) is 4.53. The van der Waals surface area contributed by atoms with Gasteiger partial charge in [-0.15, -0.1) is 5.10 Å². The van der Waals surface area contributed by atoms with Crippen molar-refractivity contribution in [1.82, 2.24) is 15.2 Å². The van der Waals surface area contributed by atoms with Crippen LogP contribution in [-0.2, 0) is 0 Å². The fourth-order valence-corrected chi connectivity index (χ4v) is 3.10. The molecule has 0 fully saturated rings. The number of benzene rings is 1. The van der Waals surface area contributed by atoms with Crippen LogP contribution in [0, 0.1) is 13.8 Å². The lowest BCUT2D eigenvalue weighted by molar-refractivity contribution is 0.679. The minimum atomic E-state index is 0.516. The lowest BCUT2D eigenvalue weighted by Crippen LogP contribution is -2.08. The van der Waals surface area contributed by atoms with Crippen molar-refractivity contribution >= 4 is 17.5 Å². The molecule has 0 spiro atoms. The van der Waals surface area contributed by atoms with Gasteiger partial charge in [-0.05, 0) is 69.2 Å². The summed E-state index contributed by atoms with van der Waals surface area (Å²) in [5, 5.41) is 14.7. The first kappa shape index (κ1) is 16.4. The summed E-state index contributed by atoms with van der Waals surface area (Å²) in [6, 6.07) is 6.29. The van der Waals surface area contributed by atoms with Crippen molar-refractivity contribution in [2.24, 2.45) is 0 Å². The Morgan fingerprint density at radius 3 is 2.67 bits per heavy atom. The summed E-state index contributed by atoms with van der Waals surface area (Å²) in [6.45, 7) is 5.04. The van der Waals surface area contributed by atoms with Crippen molar-refractivity contribution in [3.63, 3.8) is 0 Å². The predicted molar refractivity (Wildman–Crippen MR) is 98.7 cm³/mol. The van der Waals surface area contributed by atoms with Crippen LogP contribution in [0.1, 0.15) is 43.2 Å². The molecule has 0 saturated heterocycles. The molecule has 0 radical (unpaired) electrons. The molecule has 1 aliphatic rings. The van der Waals surface area contributed by atoms with E-state index in [1.807, 2.05) is 0 Å². The highest BCUT2D eigenvalue weighted by Gasteiger charge is 2.05. The molecule has 0 atom stereocenters. The van der Waals surface area contributed by atoms with Crippen molar-refractivity contribution in [2.45, 2.75) is 46.0 Å². The summed E-state index contributed by atoms with van der Waals surface area (Å²) in [5.74, 6) is 1.27. The van der Waals surface area contributed by atoms with E-state index in [1.54, 1.807) is 11.8 Å². The van der Waals surface area contributed by atoms with Crippen LogP contribution in [0.15, 0.2) is 36.0 Å². The topological polar surface area (TPSA) is 62.7 Å². The van der Waals surface area contributed by atoms with Crippen molar-refractivity contribution in [1.29, 1.82) is 0 Å². The van der Waals surface area contributed by atoms with Crippen LogP contribution in [-0.4, -0.2) is 21.7 Å². The molecule has 0 aliphatic heterocycles. The fourth-order valence-electron chi connectivity index (χ4n) is 3.10. The third kappa shape index (κ3) is 4.78. The van der Waals surface area contributed by atoms with Gasteiger partial charge in [-0.2, -0.15) is 10.1 Å². The Bertz CT molecular complexity index is 703. The van der Waals surface area contributed by atoms with Gasteiger partial charge in [-0.3, -0.25) is 0 Å². The van der Waals surface area contributed by atoms with Crippen LogP contribution in [0.4, 0.5) is 17.5 Å². The third-order valence-corrected chi connectivity index (χ3v) is 4.17. The Labute approximate surface area is 143 Å². The van der Waals surface area contributed by atoms with Crippen molar-refractivity contribution < 1.29 is 0 Å². The molecule has 1 aromatic heterocycles. The number of rotatable bonds is 6. The Hall–Kier alpha value is -2.43. The lowest BCUT2D eigenvalue weighted by atomic mass is 9.97. The SMILES string of the molecule is Cc1cc(C)cc(Nc2nncc(NCCC3=CCCCC3)n2)c1. The second-order valence-electron chi connectivity index (χ2n) is 6.45. The zero-order valence-electron chi connectivity index (χ0n) is 14.5. The molecule has 5 heteroatoms. The highest BCUT2D eigenvalue weighted by molar-refractivity contribution is 5.56. The minimum absolute atomic E-state index is 0.516. The minimum Gasteiger partial charge on any atom is -0.368 e. The molecule has 1 heterocycles. The van der Waals surface area contributed by atoms with Gasteiger partial charge in [-0.25, -0.2) is 0 Å². The van der Waals surface area contributed by atoms with E-state index in [9.17, 15) is 0 Å². The van der Waals surface area contributed by atoms with Crippen LogP contribution in [0.3, 0.4) is 0 Å². The largest absolute Gasteiger partial charge is 0.368 e. The first-order chi connectivity index (χ1) is 11.7. The van der Waals surface area contributed by atoms with Gasteiger partial charge in [0.1, 0.15) is 0 Å². The molecule has 1 aliphatic carbocycles. The standard InChI is InChI=1S/C19H25N5/c1-14-10-15(2)12-17(11-14)22-19-23-18(13-21-24-19)20-9-8-16-6-4-3-5-7-16/h6,10-13H,3-5,7-9H2,1-2H3,(H2,20,22,23,24). The van der Waals surface area contributed by atoms with E-state index in [0.29, 0.717) is 5.95 Å². The third-order valence-electron chi connectivity index (χ3n) is 4.17. The average molecular weight is 323 g/mol. The molecular formula is C19H25N5. The number of nitrogens with zero attached hydrogens (tertiary/aromatic N) is 3. The number of aromatic nitrogens is 3. The zero-order valence-corrected chi connectivity index (χ0v) is 14.5. The maximum absolute atomic E-state index is 4.49. The van der Waals surface area contributed by atoms with E-state index in [2.05, 4.69) is 63.9 Å². The second-order valence-corrected chi connectivity index (χ2v) is 6.45. The van der Waals surface area contributed by atoms with Crippen molar-refractivity contribution in [3.05, 3.63) is 47.2 Å². The highest BCUT2D eigenvalue weighted by Crippen LogP contribution is 2.20. The molecule has 0 saturated carbocycles. The molecule has 1 aromatic carbocycles. The van der Waals surface area contributed by atoms with E-state index < -0.39 is 0 Å². The molecule has 5 nitrogen and oxygen atoms in total. The maximum atomic E-state index is 4.49. The number of allylic oxidation sites excluding steroid dienone is 1. The van der Waals surface area contributed by atoms with Crippen LogP contribution in [0.2, 0.25) is 0 Å². The van der Waals surface area contributed by atoms with Crippen LogP contribution in [0.5, 0.6) is 0 Å². The van der Waals surface area contributed by atoms with Gasteiger partial charge in [0.2, 0.25) is 5.95 Å². The van der Waals surface area contributed by atoms with E-state index in [0.717, 1.165) is 24.5 Å². The Kier molecular flexibility index (Phi) is 5.41. The molecule has 0 amide bonds. The second kappa shape index (κ2) is 7.90. The summed E-state index contributed by atoms with van der Waals surface area (Å²) in [7, 11) is 0. The van der Waals surface area contributed by atoms with Gasteiger partial charge >= 0.3 is 0 Å². The molecule has 2 N–H and O–H groups in total. The Morgan fingerprint density at radius 2 is 1.92 bits per heavy atom. The average Bonchev–Trinajstić information content (AvgIpc) is 2.55. The summed E-state index contributed by atoms with van der Waals surface area (Å²) < 4.78 is 0. The smallest absolute Gasteiger partial charge is 0.249 e. The van der Waals surface area contributed by atoms with Gasteiger partial charge in [0.25, 0.3) is 0 Å². The zero-order chi connectivity index (χ0) is 16.8. The summed E-state index contributed by atoms with van der Waals surface area (Å²) >= 11 is 0. The quantitative estimate of drug-likeness (QED) is 0.764. The Balaban J connectivity index is 1.58. The molecule has 24 heavy (non-hydrogen) atoms. The molecule has 0 bridgehead atoms. The first-order valence-electron chi connectivity index (χ1n) is 8.66. The normalized spacial score (nSPS) is 14.2. The van der Waals surface area contributed by atoms with Gasteiger partial charge in [0, 0.05) is 12.2 Å². The monoisotopic (exact) mass is 323 g/mol. The molecule has 0 unspecified atom stereocenters. The fraction of sp³-hybridized carbons (Fsp3) is 0.421. The number of aryl methyl sites for hydroxylation is 2. The molecule has 3 rings (SSSR count). The highest BCUT2D eigenvalue weighted by atomic mass is 15.3. The molecular weight excluding hydrogens is 298 g/mol. The number of anilines is 3. The molecule has 2 aromatic rings. The van der Waals surface area contributed by atoms with Gasteiger partial charge < -0.3 is 10.6 Å². The first-order valence-corrected chi connectivity index (χ1v) is 8.66.